The van der Waals surface area contributed by atoms with Gasteiger partial charge in [-0.1, -0.05) is 11.6 Å². The normalized spacial score (nSPS) is 11.3. The third-order valence-corrected chi connectivity index (χ3v) is 2.64. The maximum absolute atomic E-state index is 12.5. The quantitative estimate of drug-likeness (QED) is 0.902. The molecule has 1 rings (SSSR count). The van der Waals surface area contributed by atoms with E-state index in [-0.39, 0.29) is 24.4 Å². The minimum absolute atomic E-state index is 0.0457. The number of aryl methyl sites for hydroxylation is 1. The fraction of sp³-hybridized carbons (Fsp3) is 0.462. The van der Waals surface area contributed by atoms with Gasteiger partial charge in [0.15, 0.2) is 0 Å². The van der Waals surface area contributed by atoms with Crippen molar-refractivity contribution in [3.8, 4) is 5.75 Å². The molecule has 0 aromatic heterocycles. The monoisotopic (exact) mass is 290 g/mol. The van der Waals surface area contributed by atoms with Gasteiger partial charge in [0.25, 0.3) is 5.91 Å². The largest absolute Gasteiger partial charge is 0.496 e. The van der Waals surface area contributed by atoms with E-state index in [4.69, 9.17) is 10.5 Å². The Morgan fingerprint density at radius 1 is 1.40 bits per heavy atom. The molecule has 0 fully saturated rings. The van der Waals surface area contributed by atoms with Crippen molar-refractivity contribution in [1.29, 1.82) is 0 Å². The fourth-order valence-corrected chi connectivity index (χ4v) is 1.78. The van der Waals surface area contributed by atoms with Gasteiger partial charge in [0.05, 0.1) is 12.7 Å². The van der Waals surface area contributed by atoms with E-state index in [1.807, 2.05) is 0 Å². The zero-order chi connectivity index (χ0) is 15.3. The van der Waals surface area contributed by atoms with Crippen LogP contribution in [0.25, 0.3) is 0 Å². The third kappa shape index (κ3) is 4.41. The number of nitrogens with two attached hydrogens (primary N) is 1. The number of methoxy groups -OCH3 is 1. The lowest BCUT2D eigenvalue weighted by Gasteiger charge is -2.24. The van der Waals surface area contributed by atoms with E-state index in [0.29, 0.717) is 4.90 Å². The molecule has 0 saturated heterocycles. The Bertz CT molecular complexity index is 475. The first kappa shape index (κ1) is 16.3. The molecule has 0 unspecified atom stereocenters. The molecule has 0 spiro atoms. The van der Waals surface area contributed by atoms with Crippen LogP contribution in [0, 0.1) is 6.92 Å². The average Bonchev–Trinajstić information content (AvgIpc) is 2.36. The highest BCUT2D eigenvalue weighted by atomic mass is 19.4. The van der Waals surface area contributed by atoms with Gasteiger partial charge >= 0.3 is 6.18 Å². The third-order valence-electron chi connectivity index (χ3n) is 2.64. The number of hydrogen-bond donors (Lipinski definition) is 1. The standard InChI is InChI=1S/C13H17F3N2O2/c1-9-3-4-11(20-2)10(7-9)12(19)18(6-5-17)8-13(14,15)16/h3-4,7H,5-6,8,17H2,1-2H3. The van der Waals surface area contributed by atoms with Crippen LogP contribution in [0.4, 0.5) is 13.2 Å². The Kier molecular flexibility index (Phi) is 5.38. The van der Waals surface area contributed by atoms with Crippen LogP contribution in [0.5, 0.6) is 5.75 Å². The summed E-state index contributed by atoms with van der Waals surface area (Å²) in [5.74, 6) is -0.502. The minimum Gasteiger partial charge on any atom is -0.496 e. The van der Waals surface area contributed by atoms with Gasteiger partial charge in [-0.15, -0.1) is 0 Å². The van der Waals surface area contributed by atoms with Crippen LogP contribution in [0.1, 0.15) is 15.9 Å². The molecule has 2 N–H and O–H groups in total. The van der Waals surface area contributed by atoms with Crippen LogP contribution in [0.3, 0.4) is 0 Å². The Hall–Kier alpha value is -1.76. The summed E-state index contributed by atoms with van der Waals surface area (Å²) in [5, 5.41) is 0. The Morgan fingerprint density at radius 3 is 2.55 bits per heavy atom. The van der Waals surface area contributed by atoms with Crippen molar-refractivity contribution < 1.29 is 22.7 Å². The van der Waals surface area contributed by atoms with E-state index < -0.39 is 18.6 Å². The first-order chi connectivity index (χ1) is 9.28. The highest BCUT2D eigenvalue weighted by molar-refractivity contribution is 5.97. The van der Waals surface area contributed by atoms with Crippen LogP contribution in [-0.2, 0) is 0 Å². The number of ether oxygens (including phenoxy) is 1. The van der Waals surface area contributed by atoms with Crippen molar-refractivity contribution in [1.82, 2.24) is 4.90 Å². The minimum atomic E-state index is -4.47. The summed E-state index contributed by atoms with van der Waals surface area (Å²) in [4.78, 5) is 12.9. The summed E-state index contributed by atoms with van der Waals surface area (Å²) in [6.45, 7) is 0.193. The van der Waals surface area contributed by atoms with Crippen molar-refractivity contribution in [2.45, 2.75) is 13.1 Å². The zero-order valence-electron chi connectivity index (χ0n) is 11.3. The van der Waals surface area contributed by atoms with Crippen LogP contribution in [0.15, 0.2) is 18.2 Å². The van der Waals surface area contributed by atoms with E-state index in [9.17, 15) is 18.0 Å². The van der Waals surface area contributed by atoms with Crippen LogP contribution >= 0.6 is 0 Å². The number of rotatable bonds is 5. The highest BCUT2D eigenvalue weighted by Crippen LogP contribution is 2.23. The SMILES string of the molecule is COc1ccc(C)cc1C(=O)N(CCN)CC(F)(F)F. The summed E-state index contributed by atoms with van der Waals surface area (Å²) >= 11 is 0. The van der Waals surface area contributed by atoms with Gasteiger partial charge in [-0.3, -0.25) is 4.79 Å². The molecule has 7 heteroatoms. The van der Waals surface area contributed by atoms with Crippen molar-refractivity contribution in [3.05, 3.63) is 29.3 Å². The van der Waals surface area contributed by atoms with E-state index in [2.05, 4.69) is 0 Å². The molecule has 0 aliphatic heterocycles. The topological polar surface area (TPSA) is 55.6 Å². The highest BCUT2D eigenvalue weighted by Gasteiger charge is 2.33. The van der Waals surface area contributed by atoms with Crippen LogP contribution < -0.4 is 10.5 Å². The molecule has 1 aromatic carbocycles. The number of amides is 1. The van der Waals surface area contributed by atoms with Gasteiger partial charge in [0, 0.05) is 13.1 Å². The summed E-state index contributed by atoms with van der Waals surface area (Å²) in [7, 11) is 1.36. The van der Waals surface area contributed by atoms with E-state index in [0.717, 1.165) is 5.56 Å². The zero-order valence-corrected chi connectivity index (χ0v) is 11.3. The number of hydrogen-bond acceptors (Lipinski definition) is 3. The van der Waals surface area contributed by atoms with Crippen LogP contribution in [0.2, 0.25) is 0 Å². The predicted octanol–water partition coefficient (Wildman–Crippen LogP) is 1.97. The molecule has 0 bridgehead atoms. The molecular weight excluding hydrogens is 273 g/mol. The maximum atomic E-state index is 12.5. The van der Waals surface area contributed by atoms with Gasteiger partial charge in [0.2, 0.25) is 0 Å². The second-order valence-electron chi connectivity index (χ2n) is 4.33. The molecule has 1 aromatic rings. The molecule has 0 atom stereocenters. The molecular formula is C13H17F3N2O2. The summed E-state index contributed by atoms with van der Waals surface area (Å²) in [6.07, 6.45) is -4.47. The smallest absolute Gasteiger partial charge is 0.406 e. The molecule has 1 amide bonds. The molecule has 4 nitrogen and oxygen atoms in total. The van der Waals surface area contributed by atoms with Crippen molar-refractivity contribution in [3.63, 3.8) is 0 Å². The number of nitrogens with zero attached hydrogens (tertiary/aromatic N) is 1. The van der Waals surface area contributed by atoms with Crippen molar-refractivity contribution in [2.75, 3.05) is 26.7 Å². The number of carbonyl (C=O) groups is 1. The van der Waals surface area contributed by atoms with E-state index in [1.54, 1.807) is 19.1 Å². The lowest BCUT2D eigenvalue weighted by molar-refractivity contribution is -0.140. The number of benzene rings is 1. The predicted molar refractivity (Wildman–Crippen MR) is 68.7 cm³/mol. The van der Waals surface area contributed by atoms with Gasteiger partial charge in [-0.05, 0) is 19.1 Å². The lowest BCUT2D eigenvalue weighted by atomic mass is 10.1. The van der Waals surface area contributed by atoms with Crippen LogP contribution in [-0.4, -0.2) is 43.7 Å². The summed E-state index contributed by atoms with van der Waals surface area (Å²) < 4.78 is 42.5. The number of alkyl halides is 3. The lowest BCUT2D eigenvalue weighted by Crippen LogP contribution is -2.41. The number of carbonyl (C=O) groups excluding carboxylic acids is 1. The first-order valence-corrected chi connectivity index (χ1v) is 5.99. The molecule has 20 heavy (non-hydrogen) atoms. The van der Waals surface area contributed by atoms with Gasteiger partial charge in [-0.2, -0.15) is 13.2 Å². The molecule has 0 aliphatic rings. The summed E-state index contributed by atoms with van der Waals surface area (Å²) in [5.41, 5.74) is 6.13. The Labute approximate surface area is 115 Å². The van der Waals surface area contributed by atoms with Gasteiger partial charge < -0.3 is 15.4 Å². The first-order valence-electron chi connectivity index (χ1n) is 5.99. The molecule has 0 heterocycles. The molecule has 0 aliphatic carbocycles. The maximum Gasteiger partial charge on any atom is 0.406 e. The van der Waals surface area contributed by atoms with Gasteiger partial charge in [0.1, 0.15) is 12.3 Å². The Balaban J connectivity index is 3.08. The molecule has 112 valence electrons. The second-order valence-corrected chi connectivity index (χ2v) is 4.33. The van der Waals surface area contributed by atoms with E-state index >= 15 is 0 Å². The Morgan fingerprint density at radius 2 is 2.05 bits per heavy atom. The average molecular weight is 290 g/mol. The molecule has 0 radical (unpaired) electrons. The fourth-order valence-electron chi connectivity index (χ4n) is 1.78. The second kappa shape index (κ2) is 6.60. The summed E-state index contributed by atoms with van der Waals surface area (Å²) in [6, 6.07) is 4.77. The van der Waals surface area contributed by atoms with Crippen molar-refractivity contribution >= 4 is 5.91 Å². The van der Waals surface area contributed by atoms with Gasteiger partial charge in [-0.25, -0.2) is 0 Å². The van der Waals surface area contributed by atoms with E-state index in [1.165, 1.54) is 13.2 Å². The molecule has 0 saturated carbocycles. The van der Waals surface area contributed by atoms with Crippen molar-refractivity contribution in [2.24, 2.45) is 5.73 Å². The number of halogens is 3.